The van der Waals surface area contributed by atoms with E-state index in [4.69, 9.17) is 0 Å². The minimum absolute atomic E-state index is 0.200. The molecule has 0 saturated carbocycles. The molecule has 0 aliphatic carbocycles. The van der Waals surface area contributed by atoms with Crippen molar-refractivity contribution >= 4 is 5.57 Å². The van der Waals surface area contributed by atoms with Gasteiger partial charge in [0.15, 0.2) is 0 Å². The summed E-state index contributed by atoms with van der Waals surface area (Å²) in [6, 6.07) is 15.0. The van der Waals surface area contributed by atoms with E-state index in [1.807, 2.05) is 12.1 Å². The highest BCUT2D eigenvalue weighted by molar-refractivity contribution is 5.69. The molecule has 2 aromatic carbocycles. The molecule has 1 nitrogen and oxygen atoms in total. The highest BCUT2D eigenvalue weighted by Gasteiger charge is 2.00. The van der Waals surface area contributed by atoms with Crippen molar-refractivity contribution in [3.05, 3.63) is 66.0 Å². The molecule has 110 valence electrons. The molecule has 0 heterocycles. The lowest BCUT2D eigenvalue weighted by molar-refractivity contribution is 0.628. The predicted molar refractivity (Wildman–Crippen MR) is 88.6 cm³/mol. The maximum atomic E-state index is 12.9. The van der Waals surface area contributed by atoms with Gasteiger partial charge >= 0.3 is 0 Å². The van der Waals surface area contributed by atoms with Crippen LogP contribution in [0, 0.1) is 5.82 Å². The summed E-state index contributed by atoms with van der Waals surface area (Å²) < 4.78 is 12.9. The van der Waals surface area contributed by atoms with Gasteiger partial charge in [0.2, 0.25) is 0 Å². The van der Waals surface area contributed by atoms with Crippen molar-refractivity contribution < 1.29 is 4.39 Å². The Morgan fingerprint density at radius 1 is 1.00 bits per heavy atom. The summed E-state index contributed by atoms with van der Waals surface area (Å²) in [7, 11) is 0. The Labute approximate surface area is 126 Å². The SMILES string of the molecule is CCCNCC=C(C)c1ccc(-c2ccc(F)cc2)cc1. The Morgan fingerprint density at radius 2 is 1.57 bits per heavy atom. The first-order valence-corrected chi connectivity index (χ1v) is 7.44. The average Bonchev–Trinajstić information content (AvgIpc) is 2.52. The van der Waals surface area contributed by atoms with Crippen molar-refractivity contribution in [1.29, 1.82) is 0 Å². The Morgan fingerprint density at radius 3 is 2.14 bits per heavy atom. The highest BCUT2D eigenvalue weighted by atomic mass is 19.1. The molecule has 0 amide bonds. The Balaban J connectivity index is 2.06. The topological polar surface area (TPSA) is 12.0 Å². The van der Waals surface area contributed by atoms with Crippen molar-refractivity contribution in [1.82, 2.24) is 5.32 Å². The zero-order valence-corrected chi connectivity index (χ0v) is 12.7. The Bertz CT molecular complexity index is 582. The normalized spacial score (nSPS) is 11.7. The number of benzene rings is 2. The molecule has 0 saturated heterocycles. The molecule has 0 unspecified atom stereocenters. The van der Waals surface area contributed by atoms with Gasteiger partial charge in [0.1, 0.15) is 5.82 Å². The van der Waals surface area contributed by atoms with Gasteiger partial charge in [0.25, 0.3) is 0 Å². The Kier molecular flexibility index (Phi) is 5.70. The fraction of sp³-hybridized carbons (Fsp3) is 0.263. The zero-order valence-electron chi connectivity index (χ0n) is 12.7. The van der Waals surface area contributed by atoms with Crippen LogP contribution in [0.2, 0.25) is 0 Å². The third-order valence-electron chi connectivity index (χ3n) is 3.50. The number of rotatable bonds is 6. The van der Waals surface area contributed by atoms with E-state index in [0.29, 0.717) is 0 Å². The lowest BCUT2D eigenvalue weighted by Crippen LogP contribution is -2.14. The molecule has 0 aromatic heterocycles. The van der Waals surface area contributed by atoms with Gasteiger partial charge in [-0.3, -0.25) is 0 Å². The molecular weight excluding hydrogens is 261 g/mol. The van der Waals surface area contributed by atoms with Gasteiger partial charge in [-0.25, -0.2) is 4.39 Å². The second kappa shape index (κ2) is 7.75. The number of halogens is 1. The van der Waals surface area contributed by atoms with Crippen LogP contribution in [0.1, 0.15) is 25.8 Å². The highest BCUT2D eigenvalue weighted by Crippen LogP contribution is 2.22. The first kappa shape index (κ1) is 15.5. The van der Waals surface area contributed by atoms with Crippen molar-refractivity contribution in [2.24, 2.45) is 0 Å². The maximum Gasteiger partial charge on any atom is 0.123 e. The molecule has 21 heavy (non-hydrogen) atoms. The van der Waals surface area contributed by atoms with E-state index in [0.717, 1.165) is 30.6 Å². The summed E-state index contributed by atoms with van der Waals surface area (Å²) >= 11 is 0. The molecular formula is C19H22FN. The van der Waals surface area contributed by atoms with Gasteiger partial charge in [-0.1, -0.05) is 49.4 Å². The standard InChI is InChI=1S/C19H22FN/c1-3-13-21-14-12-15(2)16-4-6-17(7-5-16)18-8-10-19(20)11-9-18/h4-12,21H,3,13-14H2,1-2H3. The third-order valence-corrected chi connectivity index (χ3v) is 3.50. The van der Waals surface area contributed by atoms with Gasteiger partial charge in [-0.05, 0) is 54.3 Å². The minimum Gasteiger partial charge on any atom is -0.313 e. The van der Waals surface area contributed by atoms with Crippen LogP contribution < -0.4 is 5.32 Å². The number of nitrogens with one attached hydrogen (secondary N) is 1. The second-order valence-corrected chi connectivity index (χ2v) is 5.18. The molecule has 2 heteroatoms. The molecule has 0 atom stereocenters. The van der Waals surface area contributed by atoms with E-state index in [-0.39, 0.29) is 5.82 Å². The third kappa shape index (κ3) is 4.54. The molecule has 0 spiro atoms. The monoisotopic (exact) mass is 283 g/mol. The first-order chi connectivity index (χ1) is 10.2. The van der Waals surface area contributed by atoms with Crippen molar-refractivity contribution in [2.45, 2.75) is 20.3 Å². The molecule has 0 radical (unpaired) electrons. The van der Waals surface area contributed by atoms with Crippen LogP contribution in [-0.4, -0.2) is 13.1 Å². The summed E-state index contributed by atoms with van der Waals surface area (Å²) in [6.07, 6.45) is 3.36. The molecule has 1 N–H and O–H groups in total. The molecule has 0 fully saturated rings. The van der Waals surface area contributed by atoms with Crippen molar-refractivity contribution in [3.8, 4) is 11.1 Å². The van der Waals surface area contributed by atoms with E-state index in [2.05, 4.69) is 49.5 Å². The van der Waals surface area contributed by atoms with Crippen LogP contribution >= 0.6 is 0 Å². The molecule has 2 rings (SSSR count). The van der Waals surface area contributed by atoms with Crippen LogP contribution in [0.25, 0.3) is 16.7 Å². The van der Waals surface area contributed by atoms with Crippen LogP contribution in [0.4, 0.5) is 4.39 Å². The molecule has 0 bridgehead atoms. The van der Waals surface area contributed by atoms with Gasteiger partial charge in [-0.2, -0.15) is 0 Å². The zero-order chi connectivity index (χ0) is 15.1. The predicted octanol–water partition coefficient (Wildman–Crippen LogP) is 4.90. The largest absolute Gasteiger partial charge is 0.313 e. The van der Waals surface area contributed by atoms with Gasteiger partial charge in [0.05, 0.1) is 0 Å². The fourth-order valence-electron chi connectivity index (χ4n) is 2.19. The van der Waals surface area contributed by atoms with Crippen LogP contribution in [-0.2, 0) is 0 Å². The first-order valence-electron chi connectivity index (χ1n) is 7.44. The second-order valence-electron chi connectivity index (χ2n) is 5.18. The lowest BCUT2D eigenvalue weighted by Gasteiger charge is -2.06. The van der Waals surface area contributed by atoms with Crippen LogP contribution in [0.15, 0.2) is 54.6 Å². The lowest BCUT2D eigenvalue weighted by atomic mass is 10.0. The van der Waals surface area contributed by atoms with Crippen molar-refractivity contribution in [3.63, 3.8) is 0 Å². The maximum absolute atomic E-state index is 12.9. The van der Waals surface area contributed by atoms with E-state index in [1.54, 1.807) is 0 Å². The van der Waals surface area contributed by atoms with Gasteiger partial charge in [0, 0.05) is 6.54 Å². The minimum atomic E-state index is -0.200. The summed E-state index contributed by atoms with van der Waals surface area (Å²) in [5.41, 5.74) is 4.63. The van der Waals surface area contributed by atoms with Crippen molar-refractivity contribution in [2.75, 3.05) is 13.1 Å². The molecule has 2 aromatic rings. The molecule has 0 aliphatic rings. The number of hydrogen-bond acceptors (Lipinski definition) is 1. The Hall–Kier alpha value is -1.93. The summed E-state index contributed by atoms with van der Waals surface area (Å²) in [6.45, 7) is 6.24. The van der Waals surface area contributed by atoms with Gasteiger partial charge in [-0.15, -0.1) is 0 Å². The molecule has 0 aliphatic heterocycles. The van der Waals surface area contributed by atoms with E-state index in [9.17, 15) is 4.39 Å². The van der Waals surface area contributed by atoms with E-state index < -0.39 is 0 Å². The van der Waals surface area contributed by atoms with Gasteiger partial charge < -0.3 is 5.32 Å². The number of allylic oxidation sites excluding steroid dienone is 1. The van der Waals surface area contributed by atoms with Crippen LogP contribution in [0.3, 0.4) is 0 Å². The average molecular weight is 283 g/mol. The summed E-state index contributed by atoms with van der Waals surface area (Å²) in [5, 5.41) is 3.37. The van der Waals surface area contributed by atoms with E-state index >= 15 is 0 Å². The summed E-state index contributed by atoms with van der Waals surface area (Å²) in [5.74, 6) is -0.200. The quantitative estimate of drug-likeness (QED) is 0.744. The smallest absolute Gasteiger partial charge is 0.123 e. The summed E-state index contributed by atoms with van der Waals surface area (Å²) in [4.78, 5) is 0. The fourth-order valence-corrected chi connectivity index (χ4v) is 2.19. The van der Waals surface area contributed by atoms with Crippen LogP contribution in [0.5, 0.6) is 0 Å². The number of hydrogen-bond donors (Lipinski definition) is 1. The van der Waals surface area contributed by atoms with E-state index in [1.165, 1.54) is 23.3 Å².